The zero-order chi connectivity index (χ0) is 85.9. The smallest absolute Gasteiger partial charge is 0.744 e. The second-order valence-corrected chi connectivity index (χ2v) is 25.3. The number of phenols is 4. The molecule has 0 unspecified atom stereocenters. The first-order valence-corrected chi connectivity index (χ1v) is 33.9. The number of terminal acetylenes is 2. The molecule has 0 saturated carbocycles. The molecular formula is C78H40F20K2O16S2. The van der Waals surface area contributed by atoms with Crippen molar-refractivity contribution in [2.24, 2.45) is 0 Å². The fraction of sp³-hybridized carbons (Fsp3) is 0.0256. The first-order valence-electron chi connectivity index (χ1n) is 31.0. The minimum Gasteiger partial charge on any atom is -0.744 e. The van der Waals surface area contributed by atoms with Crippen LogP contribution in [0, 0.1) is 148 Å². The van der Waals surface area contributed by atoms with Crippen LogP contribution in [0.1, 0.15) is 16.7 Å². The summed E-state index contributed by atoms with van der Waals surface area (Å²) >= 11 is 0. The van der Waals surface area contributed by atoms with Crippen molar-refractivity contribution in [3.05, 3.63) is 303 Å². The van der Waals surface area contributed by atoms with Crippen LogP contribution in [0.25, 0.3) is 22.3 Å². The normalized spacial score (nSPS) is 10.7. The standard InChI is InChI=1S/C40H22F8O8S.C12F10.C12H10O3.C8H4F2.C6H6O5S.2K/c1-4-20-15-19(2)16-26(17-20)54-25-13-14-27(28(18-25)57(49,50)51)56-40-37(47)33(43)30(34(44)38(40)48)29-31(41)35(45)39(36(46)32(29)42)55-24-11-9-23(10-12-24)53-22-7-5-21(52-3)6-8-22;13-3-1(4(14)8(18)11(21)7(3)17)2-5(15)9(19)12(22)10(20)6(2)16;13-9-1-5-11(6-2-9)15-12-7-3-10(14)4-8-12;1-2-6-3-7(9)5-8(10)4-6;7-4-1-2-5(8)6(3-4)12(9,10)11;;/h1,5-18H,2-3H3,(H,49,50,51);;1-8,13-14H;1,3-5H;1-3,7-8H,(H,9,10,11);;/q;;;;;2*+1/p-2. The topological polar surface area (TPSA) is 251 Å². The summed E-state index contributed by atoms with van der Waals surface area (Å²) < 4.78 is 377. The van der Waals surface area contributed by atoms with Gasteiger partial charge >= 0.3 is 103 Å². The van der Waals surface area contributed by atoms with Crippen molar-refractivity contribution in [1.82, 2.24) is 0 Å². The van der Waals surface area contributed by atoms with E-state index in [2.05, 4.69) is 11.8 Å². The third kappa shape index (κ3) is 23.5. The van der Waals surface area contributed by atoms with Crippen molar-refractivity contribution in [3.8, 4) is 133 Å². The van der Waals surface area contributed by atoms with E-state index >= 15 is 35.1 Å². The van der Waals surface area contributed by atoms with Crippen molar-refractivity contribution >= 4 is 20.2 Å². The number of aromatic hydroxyl groups is 4. The van der Waals surface area contributed by atoms with Crippen LogP contribution >= 0.6 is 0 Å². The Morgan fingerprint density at radius 1 is 0.305 bits per heavy atom. The van der Waals surface area contributed by atoms with Crippen LogP contribution in [0.4, 0.5) is 87.8 Å². The van der Waals surface area contributed by atoms with Gasteiger partial charge in [-0.05, 0) is 164 Å². The molecule has 0 bridgehead atoms. The Labute approximate surface area is 738 Å². The number of ether oxygens (including phenoxy) is 6. The number of hydrogen-bond acceptors (Lipinski definition) is 16. The molecule has 0 aliphatic carbocycles. The van der Waals surface area contributed by atoms with Gasteiger partial charge in [-0.3, -0.25) is 0 Å². The Kier molecular flexibility index (Phi) is 33.6. The number of benzene rings is 12. The van der Waals surface area contributed by atoms with E-state index in [0.29, 0.717) is 52.3 Å². The second kappa shape index (κ2) is 41.2. The average Bonchev–Trinajstić information content (AvgIpc) is 0.748. The van der Waals surface area contributed by atoms with E-state index in [0.717, 1.165) is 48.5 Å². The third-order valence-electron chi connectivity index (χ3n) is 14.7. The zero-order valence-electron chi connectivity index (χ0n) is 59.4. The summed E-state index contributed by atoms with van der Waals surface area (Å²) in [4.78, 5) is -2.15. The number of rotatable bonds is 15. The fourth-order valence-electron chi connectivity index (χ4n) is 9.44. The molecule has 40 heteroatoms. The minimum atomic E-state index is -5.58. The van der Waals surface area contributed by atoms with Gasteiger partial charge in [0, 0.05) is 29.3 Å². The monoisotopic (exact) mass is 1750 g/mol. The van der Waals surface area contributed by atoms with E-state index in [4.69, 9.17) is 61.7 Å². The Morgan fingerprint density at radius 3 is 0.949 bits per heavy atom. The van der Waals surface area contributed by atoms with E-state index in [-0.39, 0.29) is 143 Å². The molecule has 0 radical (unpaired) electrons. The van der Waals surface area contributed by atoms with E-state index in [1.807, 2.05) is 0 Å². The molecule has 0 aliphatic rings. The summed E-state index contributed by atoms with van der Waals surface area (Å²) in [7, 11) is -8.83. The van der Waals surface area contributed by atoms with E-state index in [1.54, 1.807) is 85.8 Å². The van der Waals surface area contributed by atoms with Crippen molar-refractivity contribution < 1.29 is 265 Å². The second-order valence-electron chi connectivity index (χ2n) is 22.6. The summed E-state index contributed by atoms with van der Waals surface area (Å²) in [5.74, 6) is -47.4. The molecule has 0 aromatic heterocycles. The van der Waals surface area contributed by atoms with Gasteiger partial charge in [0.25, 0.3) is 0 Å². The Bertz CT molecular complexity index is 5840. The summed E-state index contributed by atoms with van der Waals surface area (Å²) in [5.41, 5.74) is -7.77. The van der Waals surface area contributed by atoms with Gasteiger partial charge in [-0.15, -0.1) is 12.8 Å². The molecule has 12 aromatic carbocycles. The maximum absolute atomic E-state index is 15.4. The quantitative estimate of drug-likeness (QED) is 0.0142. The molecule has 12 aromatic rings. The van der Waals surface area contributed by atoms with Crippen molar-refractivity contribution in [3.63, 3.8) is 0 Å². The van der Waals surface area contributed by atoms with E-state index < -0.39 is 197 Å². The van der Waals surface area contributed by atoms with Crippen LogP contribution in [0.5, 0.6) is 86.2 Å². The van der Waals surface area contributed by atoms with Gasteiger partial charge in [0.2, 0.25) is 46.4 Å². The fourth-order valence-corrected chi connectivity index (χ4v) is 10.6. The minimum absolute atomic E-state index is 0. The largest absolute Gasteiger partial charge is 1.00 e. The Balaban J connectivity index is 0.000000284. The van der Waals surface area contributed by atoms with Gasteiger partial charge in [0.15, 0.2) is 69.8 Å². The number of halogens is 20. The summed E-state index contributed by atoms with van der Waals surface area (Å²) in [5, 5.41) is 35.8. The molecule has 16 nitrogen and oxygen atoms in total. The van der Waals surface area contributed by atoms with Gasteiger partial charge in [-0.1, -0.05) is 11.8 Å². The molecule has 602 valence electrons. The molecule has 0 heterocycles. The van der Waals surface area contributed by atoms with Gasteiger partial charge in [0.1, 0.15) is 112 Å². The predicted molar refractivity (Wildman–Crippen MR) is 365 cm³/mol. The molecule has 0 saturated heterocycles. The third-order valence-corrected chi connectivity index (χ3v) is 16.4. The first-order chi connectivity index (χ1) is 54.5. The van der Waals surface area contributed by atoms with Crippen LogP contribution in [0.15, 0.2) is 180 Å². The average molecular weight is 1760 g/mol. The van der Waals surface area contributed by atoms with E-state index in [9.17, 15) is 78.6 Å². The summed E-state index contributed by atoms with van der Waals surface area (Å²) in [6, 6.07) is 36.3. The maximum Gasteiger partial charge on any atom is 1.00 e. The number of aryl methyl sites for hydroxylation is 1. The summed E-state index contributed by atoms with van der Waals surface area (Å²) in [6.07, 6.45) is 10.3. The Morgan fingerprint density at radius 2 is 0.602 bits per heavy atom. The predicted octanol–water partition coefficient (Wildman–Crippen LogP) is 14.4. The summed E-state index contributed by atoms with van der Waals surface area (Å²) in [6.45, 7) is 1.66. The van der Waals surface area contributed by atoms with Crippen LogP contribution in [-0.2, 0) is 20.2 Å². The molecule has 0 spiro atoms. The molecular weight excluding hydrogens is 1720 g/mol. The van der Waals surface area contributed by atoms with Gasteiger partial charge in [-0.25, -0.2) is 87.1 Å². The maximum atomic E-state index is 15.4. The van der Waals surface area contributed by atoms with Crippen LogP contribution < -0.4 is 131 Å². The molecule has 4 N–H and O–H groups in total. The molecule has 0 amide bonds. The Hall–Kier alpha value is -10.5. The number of hydrogen-bond donors (Lipinski definition) is 4. The van der Waals surface area contributed by atoms with Gasteiger partial charge in [-0.2, -0.15) is 17.6 Å². The van der Waals surface area contributed by atoms with Gasteiger partial charge in [0.05, 0.1) is 34.3 Å². The van der Waals surface area contributed by atoms with Crippen molar-refractivity contribution in [2.75, 3.05) is 7.11 Å². The number of methoxy groups -OCH3 is 1. The number of phenolic OH excluding ortho intramolecular Hbond substituents is 4. The molecule has 0 atom stereocenters. The molecule has 0 fully saturated rings. The van der Waals surface area contributed by atoms with Crippen molar-refractivity contribution in [1.29, 1.82) is 0 Å². The molecule has 12 rings (SSSR count). The van der Waals surface area contributed by atoms with E-state index in [1.165, 1.54) is 31.4 Å². The van der Waals surface area contributed by atoms with Crippen LogP contribution in [0.3, 0.4) is 0 Å². The molecule has 118 heavy (non-hydrogen) atoms. The first kappa shape index (κ1) is 96.3. The SMILES string of the molecule is C#Cc1cc(C)cc(Oc2ccc(Oc3c(F)c(F)c(-c4c(F)c(F)c(Oc5ccc(Oc6ccc(OC)cc6)cc5)c(F)c4F)c(F)c3F)c(S(=O)(=O)[O-])c2)c1.C#Cc1cc(F)cc(F)c1.Fc1c(F)c(F)c(-c2c(F)c(F)c(F)c(F)c2F)c(F)c1F.O=S(=O)([O-])c1cc(O)ccc1O.Oc1ccc(Oc2ccc(O)cc2)cc1.[K+].[K+]. The molecule has 0 aliphatic heterocycles. The van der Waals surface area contributed by atoms with Crippen LogP contribution in [-0.4, -0.2) is 53.5 Å². The van der Waals surface area contributed by atoms with Crippen molar-refractivity contribution in [2.45, 2.75) is 16.7 Å². The van der Waals surface area contributed by atoms with Crippen LogP contribution in [0.2, 0.25) is 0 Å². The zero-order valence-corrected chi connectivity index (χ0v) is 67.3. The van der Waals surface area contributed by atoms with Gasteiger partial charge < -0.3 is 58.0 Å².